The quantitative estimate of drug-likeness (QED) is 0.811. The maximum atomic E-state index is 6.04. The highest BCUT2D eigenvalue weighted by atomic mass is 35.5. The average molecular weight is 250 g/mol. The Morgan fingerprint density at radius 3 is 2.29 bits per heavy atom. The Morgan fingerprint density at radius 2 is 1.79 bits per heavy atom. The van der Waals surface area contributed by atoms with Crippen LogP contribution < -0.4 is 5.43 Å². The molecule has 14 heavy (non-hydrogen) atoms. The fourth-order valence-corrected chi connectivity index (χ4v) is 2.42. The first-order chi connectivity index (χ1) is 6.68. The highest BCUT2D eigenvalue weighted by Crippen LogP contribution is 2.30. The maximum absolute atomic E-state index is 6.04. The summed E-state index contributed by atoms with van der Waals surface area (Å²) in [5.74, 6) is 0. The molecule has 0 radical (unpaired) electrons. The number of hydrazone groups is 1. The van der Waals surface area contributed by atoms with Crippen molar-refractivity contribution in [1.82, 2.24) is 5.43 Å². The highest BCUT2D eigenvalue weighted by Gasteiger charge is 2.16. The third kappa shape index (κ3) is 1.83. The van der Waals surface area contributed by atoms with E-state index in [4.69, 9.17) is 34.8 Å². The molecule has 1 aliphatic rings. The van der Waals surface area contributed by atoms with Crippen LogP contribution in [0.1, 0.15) is 12.0 Å². The van der Waals surface area contributed by atoms with Gasteiger partial charge in [0.25, 0.3) is 0 Å². The molecule has 1 aliphatic heterocycles. The van der Waals surface area contributed by atoms with E-state index >= 15 is 0 Å². The molecule has 0 saturated carbocycles. The molecular weight excluding hydrogens is 242 g/mol. The highest BCUT2D eigenvalue weighted by molar-refractivity contribution is 6.42. The molecule has 0 aliphatic carbocycles. The van der Waals surface area contributed by atoms with Crippen LogP contribution in [0.4, 0.5) is 0 Å². The summed E-state index contributed by atoms with van der Waals surface area (Å²) in [6, 6.07) is 3.34. The lowest BCUT2D eigenvalue weighted by atomic mass is 10.1. The van der Waals surface area contributed by atoms with E-state index < -0.39 is 0 Å². The summed E-state index contributed by atoms with van der Waals surface area (Å²) in [4.78, 5) is 0. The monoisotopic (exact) mass is 248 g/mol. The van der Waals surface area contributed by atoms with Crippen LogP contribution in [-0.2, 0) is 0 Å². The van der Waals surface area contributed by atoms with Gasteiger partial charge in [0.2, 0.25) is 0 Å². The fourth-order valence-electron chi connectivity index (χ4n) is 1.38. The number of halogens is 3. The van der Waals surface area contributed by atoms with E-state index in [1.165, 1.54) is 0 Å². The van der Waals surface area contributed by atoms with Gasteiger partial charge in [-0.3, -0.25) is 0 Å². The molecule has 74 valence electrons. The summed E-state index contributed by atoms with van der Waals surface area (Å²) < 4.78 is 0. The Kier molecular flexibility index (Phi) is 2.86. The second-order valence-corrected chi connectivity index (χ2v) is 4.21. The predicted molar refractivity (Wildman–Crippen MR) is 60.6 cm³/mol. The zero-order chi connectivity index (χ0) is 10.1. The molecule has 5 heteroatoms. The van der Waals surface area contributed by atoms with Crippen LogP contribution in [0.2, 0.25) is 15.1 Å². The molecule has 2 rings (SSSR count). The van der Waals surface area contributed by atoms with E-state index in [0.717, 1.165) is 24.2 Å². The van der Waals surface area contributed by atoms with Crippen molar-refractivity contribution in [1.29, 1.82) is 0 Å². The standard InChI is InChI=1S/C9H7Cl3N2/c10-5-3-6(11)9(7(12)4-5)8-1-2-13-14-8/h3-4,13H,1-2H2. The summed E-state index contributed by atoms with van der Waals surface area (Å²) in [6.45, 7) is 0.824. The average Bonchev–Trinajstić information content (AvgIpc) is 2.54. The van der Waals surface area contributed by atoms with E-state index in [-0.39, 0.29) is 0 Å². The van der Waals surface area contributed by atoms with Gasteiger partial charge in [0.15, 0.2) is 0 Å². The number of hydrogen-bond acceptors (Lipinski definition) is 2. The van der Waals surface area contributed by atoms with Gasteiger partial charge in [-0.25, -0.2) is 0 Å². The summed E-state index contributed by atoms with van der Waals surface area (Å²) in [5.41, 5.74) is 4.54. The van der Waals surface area contributed by atoms with Gasteiger partial charge in [0.1, 0.15) is 0 Å². The molecule has 0 saturated heterocycles. The van der Waals surface area contributed by atoms with Gasteiger partial charge in [-0.15, -0.1) is 0 Å². The Hall–Kier alpha value is -0.440. The molecule has 0 fully saturated rings. The summed E-state index contributed by atoms with van der Waals surface area (Å²) in [7, 11) is 0. The Morgan fingerprint density at radius 1 is 1.14 bits per heavy atom. The van der Waals surface area contributed by atoms with Gasteiger partial charge in [-0.05, 0) is 12.1 Å². The molecule has 0 atom stereocenters. The van der Waals surface area contributed by atoms with Gasteiger partial charge < -0.3 is 5.43 Å². The molecule has 1 aromatic rings. The van der Waals surface area contributed by atoms with Gasteiger partial charge >= 0.3 is 0 Å². The first kappa shape index (κ1) is 10.1. The molecule has 2 nitrogen and oxygen atoms in total. The van der Waals surface area contributed by atoms with E-state index in [1.54, 1.807) is 12.1 Å². The van der Waals surface area contributed by atoms with Crippen LogP contribution in [-0.4, -0.2) is 12.3 Å². The van der Waals surface area contributed by atoms with Gasteiger partial charge in [0.05, 0.1) is 15.8 Å². The summed E-state index contributed by atoms with van der Waals surface area (Å²) in [5, 5.41) is 5.74. The Labute approximate surface area is 96.8 Å². The fraction of sp³-hybridized carbons (Fsp3) is 0.222. The van der Waals surface area contributed by atoms with Crippen molar-refractivity contribution >= 4 is 40.5 Å². The van der Waals surface area contributed by atoms with Crippen molar-refractivity contribution < 1.29 is 0 Å². The van der Waals surface area contributed by atoms with Gasteiger partial charge in [-0.1, -0.05) is 34.8 Å². The second-order valence-electron chi connectivity index (χ2n) is 2.96. The smallest absolute Gasteiger partial charge is 0.0723 e. The minimum atomic E-state index is 0.537. The number of hydrogen-bond donors (Lipinski definition) is 1. The Bertz CT molecular complexity index is 378. The Balaban J connectivity index is 2.52. The minimum absolute atomic E-state index is 0.537. The molecule has 0 bridgehead atoms. The lowest BCUT2D eigenvalue weighted by molar-refractivity contribution is 0.813. The first-order valence-corrected chi connectivity index (χ1v) is 5.26. The van der Waals surface area contributed by atoms with Crippen LogP contribution in [0, 0.1) is 0 Å². The minimum Gasteiger partial charge on any atom is -0.309 e. The van der Waals surface area contributed by atoms with Crippen molar-refractivity contribution in [2.45, 2.75) is 6.42 Å². The number of rotatable bonds is 1. The van der Waals surface area contributed by atoms with Crippen molar-refractivity contribution in [2.24, 2.45) is 5.10 Å². The third-order valence-corrected chi connectivity index (χ3v) is 2.80. The zero-order valence-electron chi connectivity index (χ0n) is 7.15. The molecule has 0 amide bonds. The van der Waals surface area contributed by atoms with E-state index in [2.05, 4.69) is 10.5 Å². The normalized spacial score (nSPS) is 15.2. The second kappa shape index (κ2) is 3.97. The maximum Gasteiger partial charge on any atom is 0.0723 e. The summed E-state index contributed by atoms with van der Waals surface area (Å²) in [6.07, 6.45) is 0.834. The van der Waals surface area contributed by atoms with Crippen molar-refractivity contribution in [3.63, 3.8) is 0 Å². The van der Waals surface area contributed by atoms with Crippen LogP contribution >= 0.6 is 34.8 Å². The summed E-state index contributed by atoms with van der Waals surface area (Å²) >= 11 is 17.9. The molecule has 1 N–H and O–H groups in total. The number of nitrogens with zero attached hydrogens (tertiary/aromatic N) is 1. The largest absolute Gasteiger partial charge is 0.309 e. The number of benzene rings is 1. The van der Waals surface area contributed by atoms with Crippen molar-refractivity contribution in [3.05, 3.63) is 32.8 Å². The SMILES string of the molecule is Clc1cc(Cl)c(C2=NNCC2)c(Cl)c1. The lowest BCUT2D eigenvalue weighted by Crippen LogP contribution is -1.99. The van der Waals surface area contributed by atoms with E-state index in [1.807, 2.05) is 0 Å². The van der Waals surface area contributed by atoms with Crippen LogP contribution in [0.3, 0.4) is 0 Å². The van der Waals surface area contributed by atoms with Gasteiger partial charge in [-0.2, -0.15) is 5.10 Å². The third-order valence-electron chi connectivity index (χ3n) is 1.98. The molecule has 0 unspecified atom stereocenters. The molecule has 0 aromatic heterocycles. The van der Waals surface area contributed by atoms with E-state index in [0.29, 0.717) is 15.1 Å². The molecule has 0 spiro atoms. The van der Waals surface area contributed by atoms with Crippen molar-refractivity contribution in [3.8, 4) is 0 Å². The molecule has 1 aromatic carbocycles. The van der Waals surface area contributed by atoms with Crippen molar-refractivity contribution in [2.75, 3.05) is 6.54 Å². The molecule has 1 heterocycles. The lowest BCUT2D eigenvalue weighted by Gasteiger charge is -2.06. The van der Waals surface area contributed by atoms with Gasteiger partial charge in [0, 0.05) is 23.6 Å². The number of nitrogens with one attached hydrogen (secondary N) is 1. The van der Waals surface area contributed by atoms with Crippen LogP contribution in [0.15, 0.2) is 17.2 Å². The molecular formula is C9H7Cl3N2. The topological polar surface area (TPSA) is 24.4 Å². The zero-order valence-corrected chi connectivity index (χ0v) is 9.42. The predicted octanol–water partition coefficient (Wildman–Crippen LogP) is 3.34. The van der Waals surface area contributed by atoms with E-state index in [9.17, 15) is 0 Å². The first-order valence-electron chi connectivity index (χ1n) is 4.13. The van der Waals surface area contributed by atoms with Crippen LogP contribution in [0.5, 0.6) is 0 Å². The van der Waals surface area contributed by atoms with Crippen LogP contribution in [0.25, 0.3) is 0 Å².